The summed E-state index contributed by atoms with van der Waals surface area (Å²) in [7, 11) is 0. The topological polar surface area (TPSA) is 0 Å². The molecule has 0 aliphatic heterocycles. The lowest BCUT2D eigenvalue weighted by molar-refractivity contribution is 0.791. The Hall–Kier alpha value is -0.520. The lowest BCUT2D eigenvalue weighted by Crippen LogP contribution is -2.10. The fraction of sp³-hybridized carbons (Fsp3) is 0.182. The second-order valence-corrected chi connectivity index (χ2v) is 2.86. The van der Waals surface area contributed by atoms with Gasteiger partial charge in [-0.15, -0.1) is 0 Å². The monoisotopic (exact) mass is 143 g/mol. The lowest BCUT2D eigenvalue weighted by atomic mass is 9.83. The minimum atomic E-state index is 0.551. The summed E-state index contributed by atoms with van der Waals surface area (Å²) in [5.41, 5.74) is 1.51. The van der Waals surface area contributed by atoms with Crippen LogP contribution in [0.3, 0.4) is 0 Å². The van der Waals surface area contributed by atoms with Crippen LogP contribution in [0.15, 0.2) is 23.8 Å². The van der Waals surface area contributed by atoms with Crippen LogP contribution in [0, 0.1) is 38.0 Å². The SMILES string of the molecule is [CH]1[CH][CH]C(C2=CC=CC2)[CH][CH]1. The minimum Gasteiger partial charge on any atom is -0.0805 e. The van der Waals surface area contributed by atoms with Crippen LogP contribution in [-0.2, 0) is 0 Å². The Kier molecular flexibility index (Phi) is 2.11. The molecule has 2 rings (SSSR count). The van der Waals surface area contributed by atoms with E-state index >= 15 is 0 Å². The Bertz CT molecular complexity index is 180. The summed E-state index contributed by atoms with van der Waals surface area (Å²) >= 11 is 0. The Balaban J connectivity index is 1.93. The zero-order valence-electron chi connectivity index (χ0n) is 6.40. The summed E-state index contributed by atoms with van der Waals surface area (Å²) in [6, 6.07) is 0. The van der Waals surface area contributed by atoms with E-state index in [1.807, 2.05) is 0 Å². The number of hydrogen-bond donors (Lipinski definition) is 0. The summed E-state index contributed by atoms with van der Waals surface area (Å²) in [5, 5.41) is 0. The summed E-state index contributed by atoms with van der Waals surface area (Å²) in [6.45, 7) is 0. The van der Waals surface area contributed by atoms with Gasteiger partial charge in [0.2, 0.25) is 0 Å². The molecule has 0 saturated heterocycles. The molecule has 0 spiro atoms. The predicted octanol–water partition coefficient (Wildman–Crippen LogP) is 2.52. The normalized spacial score (nSPS) is 25.6. The maximum atomic E-state index is 2.23. The van der Waals surface area contributed by atoms with Gasteiger partial charge < -0.3 is 0 Å². The average molecular weight is 143 g/mol. The van der Waals surface area contributed by atoms with E-state index in [4.69, 9.17) is 0 Å². The standard InChI is InChI=1S/C11H11/c1-2-6-10(7-3-1)11-8-4-5-9-11/h1-8,10H,9H2. The van der Waals surface area contributed by atoms with Crippen LogP contribution in [0.2, 0.25) is 0 Å². The van der Waals surface area contributed by atoms with Gasteiger partial charge in [0.15, 0.2) is 0 Å². The van der Waals surface area contributed by atoms with Gasteiger partial charge in [-0.1, -0.05) is 23.8 Å². The molecular weight excluding hydrogens is 132 g/mol. The van der Waals surface area contributed by atoms with Gasteiger partial charge in [0, 0.05) is 0 Å². The van der Waals surface area contributed by atoms with Crippen LogP contribution in [0.5, 0.6) is 0 Å². The first-order valence-electron chi connectivity index (χ1n) is 4.01. The zero-order chi connectivity index (χ0) is 7.52. The van der Waals surface area contributed by atoms with Crippen molar-refractivity contribution in [1.29, 1.82) is 0 Å². The maximum Gasteiger partial charge on any atom is -0.0129 e. The molecular formula is C11H11. The highest BCUT2D eigenvalue weighted by atomic mass is 14.2. The zero-order valence-corrected chi connectivity index (χ0v) is 6.40. The lowest BCUT2D eigenvalue weighted by Gasteiger charge is -2.21. The van der Waals surface area contributed by atoms with Crippen molar-refractivity contribution in [3.63, 3.8) is 0 Å². The van der Waals surface area contributed by atoms with Crippen molar-refractivity contribution in [2.24, 2.45) is 5.92 Å². The summed E-state index contributed by atoms with van der Waals surface area (Å²) in [5.74, 6) is 0.551. The molecule has 0 amide bonds. The van der Waals surface area contributed by atoms with Gasteiger partial charge in [0.05, 0.1) is 0 Å². The van der Waals surface area contributed by atoms with Gasteiger partial charge in [-0.05, 0) is 44.4 Å². The smallest absolute Gasteiger partial charge is 0.0129 e. The largest absolute Gasteiger partial charge is 0.0805 e. The molecule has 1 saturated carbocycles. The molecule has 55 valence electrons. The van der Waals surface area contributed by atoms with Gasteiger partial charge in [0.1, 0.15) is 0 Å². The Morgan fingerprint density at radius 2 is 1.91 bits per heavy atom. The van der Waals surface area contributed by atoms with Gasteiger partial charge in [-0.2, -0.15) is 0 Å². The van der Waals surface area contributed by atoms with Crippen LogP contribution >= 0.6 is 0 Å². The number of hydrogen-bond acceptors (Lipinski definition) is 0. The third-order valence-corrected chi connectivity index (χ3v) is 2.09. The van der Waals surface area contributed by atoms with E-state index < -0.39 is 0 Å². The van der Waals surface area contributed by atoms with Crippen molar-refractivity contribution < 1.29 is 0 Å². The maximum absolute atomic E-state index is 2.23. The Morgan fingerprint density at radius 1 is 1.09 bits per heavy atom. The molecule has 1 fully saturated rings. The molecule has 0 nitrogen and oxygen atoms in total. The number of rotatable bonds is 1. The number of allylic oxidation sites excluding steroid dienone is 4. The van der Waals surface area contributed by atoms with Crippen molar-refractivity contribution >= 4 is 0 Å². The highest BCUT2D eigenvalue weighted by Gasteiger charge is 2.18. The molecule has 0 N–H and O–H groups in total. The van der Waals surface area contributed by atoms with Gasteiger partial charge in [-0.25, -0.2) is 0 Å². The highest BCUT2D eigenvalue weighted by Crippen LogP contribution is 2.30. The molecule has 2 aliphatic carbocycles. The van der Waals surface area contributed by atoms with Crippen LogP contribution in [0.1, 0.15) is 6.42 Å². The van der Waals surface area contributed by atoms with Gasteiger partial charge in [0.25, 0.3) is 0 Å². The third kappa shape index (κ3) is 1.55. The van der Waals surface area contributed by atoms with E-state index in [2.05, 4.69) is 50.3 Å². The first-order valence-corrected chi connectivity index (χ1v) is 4.01. The average Bonchev–Trinajstić information content (AvgIpc) is 2.58. The summed E-state index contributed by atoms with van der Waals surface area (Å²) in [6.07, 6.45) is 18.4. The molecule has 0 atom stereocenters. The van der Waals surface area contributed by atoms with E-state index in [0.717, 1.165) is 6.42 Å². The minimum absolute atomic E-state index is 0.551. The molecule has 0 unspecified atom stereocenters. The Labute approximate surface area is 69.0 Å². The van der Waals surface area contributed by atoms with E-state index in [9.17, 15) is 0 Å². The molecule has 0 aromatic carbocycles. The second-order valence-electron chi connectivity index (χ2n) is 2.86. The second kappa shape index (κ2) is 3.25. The highest BCUT2D eigenvalue weighted by molar-refractivity contribution is 5.35. The molecule has 0 bridgehead atoms. The molecule has 0 heteroatoms. The van der Waals surface area contributed by atoms with Crippen LogP contribution in [0.4, 0.5) is 0 Å². The van der Waals surface area contributed by atoms with Crippen LogP contribution in [-0.4, -0.2) is 0 Å². The molecule has 11 heavy (non-hydrogen) atoms. The van der Waals surface area contributed by atoms with E-state index in [0.29, 0.717) is 5.92 Å². The summed E-state index contributed by atoms with van der Waals surface area (Å²) in [4.78, 5) is 0. The van der Waals surface area contributed by atoms with Crippen molar-refractivity contribution in [3.05, 3.63) is 55.9 Å². The van der Waals surface area contributed by atoms with Crippen LogP contribution in [0.25, 0.3) is 0 Å². The molecule has 0 heterocycles. The quantitative estimate of drug-likeness (QED) is 0.529. The Morgan fingerprint density at radius 3 is 2.55 bits per heavy atom. The molecule has 0 aromatic heterocycles. The van der Waals surface area contributed by atoms with Crippen molar-refractivity contribution in [1.82, 2.24) is 0 Å². The first-order chi connectivity index (χ1) is 5.47. The van der Waals surface area contributed by atoms with Crippen molar-refractivity contribution in [2.45, 2.75) is 6.42 Å². The van der Waals surface area contributed by atoms with E-state index in [-0.39, 0.29) is 0 Å². The van der Waals surface area contributed by atoms with E-state index in [1.165, 1.54) is 5.57 Å². The molecule has 2 aliphatic rings. The van der Waals surface area contributed by atoms with Crippen LogP contribution < -0.4 is 0 Å². The third-order valence-electron chi connectivity index (χ3n) is 2.09. The predicted molar refractivity (Wildman–Crippen MR) is 46.8 cm³/mol. The fourth-order valence-electron chi connectivity index (χ4n) is 1.45. The molecule has 5 radical (unpaired) electrons. The molecule has 0 aromatic rings. The van der Waals surface area contributed by atoms with Crippen molar-refractivity contribution in [3.8, 4) is 0 Å². The van der Waals surface area contributed by atoms with Crippen molar-refractivity contribution in [2.75, 3.05) is 0 Å². The fourth-order valence-corrected chi connectivity index (χ4v) is 1.45. The van der Waals surface area contributed by atoms with Gasteiger partial charge >= 0.3 is 0 Å². The van der Waals surface area contributed by atoms with Gasteiger partial charge in [-0.3, -0.25) is 0 Å². The van der Waals surface area contributed by atoms with E-state index in [1.54, 1.807) is 0 Å². The summed E-state index contributed by atoms with van der Waals surface area (Å²) < 4.78 is 0. The first kappa shape index (κ1) is 7.15.